The summed E-state index contributed by atoms with van der Waals surface area (Å²) in [5.41, 5.74) is 3.22. The third kappa shape index (κ3) is 2.37. The van der Waals surface area contributed by atoms with Crippen LogP contribution in [0.4, 0.5) is 5.69 Å². The van der Waals surface area contributed by atoms with Gasteiger partial charge in [-0.25, -0.2) is 0 Å². The number of hydrogen-bond donors (Lipinski definition) is 1. The van der Waals surface area contributed by atoms with Gasteiger partial charge in [-0.3, -0.25) is 14.9 Å². The van der Waals surface area contributed by atoms with Gasteiger partial charge in [0, 0.05) is 17.2 Å². The SMILES string of the molecule is Cc1cc(C(=O)N[N+]2=NCN=C2)ccc1[N+](=O)[O-]. The zero-order valence-corrected chi connectivity index (χ0v) is 9.53. The predicted molar refractivity (Wildman–Crippen MR) is 61.3 cm³/mol. The Bertz CT molecular complexity index is 579. The van der Waals surface area contributed by atoms with Crippen LogP contribution in [0, 0.1) is 17.0 Å². The summed E-state index contributed by atoms with van der Waals surface area (Å²) >= 11 is 0. The number of rotatable bonds is 3. The zero-order valence-electron chi connectivity index (χ0n) is 9.53. The first-order chi connectivity index (χ1) is 8.58. The number of hydrazine groups is 1. The summed E-state index contributed by atoms with van der Waals surface area (Å²) in [5.74, 6) is -0.398. The van der Waals surface area contributed by atoms with Crippen LogP contribution in [0.2, 0.25) is 0 Å². The summed E-state index contributed by atoms with van der Waals surface area (Å²) in [6.07, 6.45) is 1.39. The summed E-state index contributed by atoms with van der Waals surface area (Å²) in [7, 11) is 0. The zero-order chi connectivity index (χ0) is 13.1. The number of hydrogen-bond acceptors (Lipinski definition) is 5. The molecule has 1 N–H and O–H groups in total. The Hall–Kier alpha value is -2.64. The smallest absolute Gasteiger partial charge is 0.266 e. The second-order valence-electron chi connectivity index (χ2n) is 3.62. The minimum atomic E-state index is -0.487. The number of carbonyl (C=O) groups excluding carboxylic acids is 1. The van der Waals surface area contributed by atoms with E-state index >= 15 is 0 Å². The number of azo groups is 1. The van der Waals surface area contributed by atoms with E-state index in [4.69, 9.17) is 0 Å². The van der Waals surface area contributed by atoms with E-state index in [1.54, 1.807) is 6.92 Å². The van der Waals surface area contributed by atoms with Crippen molar-refractivity contribution in [2.24, 2.45) is 10.1 Å². The standard InChI is InChI=1S/C10H9N5O3/c1-7-4-8(2-3-9(7)15(17)18)10(16)13-14-6-11-5-12-14/h2-4,6H,5H2,1H3/p+1. The van der Waals surface area contributed by atoms with E-state index in [0.29, 0.717) is 11.1 Å². The molecule has 0 fully saturated rings. The van der Waals surface area contributed by atoms with Crippen LogP contribution < -0.4 is 5.43 Å². The van der Waals surface area contributed by atoms with E-state index < -0.39 is 10.8 Å². The van der Waals surface area contributed by atoms with E-state index in [1.165, 1.54) is 29.3 Å². The molecule has 1 aromatic carbocycles. The second-order valence-corrected chi connectivity index (χ2v) is 3.62. The molecule has 0 spiro atoms. The van der Waals surface area contributed by atoms with Crippen LogP contribution in [0.15, 0.2) is 28.3 Å². The van der Waals surface area contributed by atoms with Crippen molar-refractivity contribution in [3.05, 3.63) is 39.4 Å². The number of benzene rings is 1. The Morgan fingerprint density at radius 1 is 1.56 bits per heavy atom. The highest BCUT2D eigenvalue weighted by Gasteiger charge is 2.16. The van der Waals surface area contributed by atoms with Crippen LogP contribution in [0.25, 0.3) is 0 Å². The molecule has 0 saturated carbocycles. The lowest BCUT2D eigenvalue weighted by molar-refractivity contribution is -0.515. The molecular weight excluding hydrogens is 238 g/mol. The van der Waals surface area contributed by atoms with Crippen LogP contribution in [-0.4, -0.2) is 28.6 Å². The minimum absolute atomic E-state index is 0.0148. The fourth-order valence-corrected chi connectivity index (χ4v) is 1.49. The summed E-state index contributed by atoms with van der Waals surface area (Å²) in [5, 5.41) is 14.5. The first-order valence-electron chi connectivity index (χ1n) is 5.10. The van der Waals surface area contributed by atoms with E-state index in [0.717, 1.165) is 0 Å². The molecule has 0 aromatic heterocycles. The summed E-state index contributed by atoms with van der Waals surface area (Å²) in [6, 6.07) is 4.16. The Morgan fingerprint density at radius 2 is 2.33 bits per heavy atom. The van der Waals surface area contributed by atoms with Crippen LogP contribution in [0.1, 0.15) is 15.9 Å². The van der Waals surface area contributed by atoms with Gasteiger partial charge in [-0.2, -0.15) is 5.43 Å². The maximum atomic E-state index is 11.8. The summed E-state index contributed by atoms with van der Waals surface area (Å²) < 4.78 is 0. The van der Waals surface area contributed by atoms with Crippen molar-refractivity contribution in [1.29, 1.82) is 0 Å². The lowest BCUT2D eigenvalue weighted by Gasteiger charge is -2.02. The number of carbonyl (C=O) groups is 1. The largest absolute Gasteiger partial charge is 0.328 e. The third-order valence-electron chi connectivity index (χ3n) is 2.36. The van der Waals surface area contributed by atoms with Gasteiger partial charge in [0.25, 0.3) is 18.3 Å². The molecule has 18 heavy (non-hydrogen) atoms. The molecule has 8 nitrogen and oxygen atoms in total. The molecule has 0 radical (unpaired) electrons. The number of nitro benzene ring substituents is 1. The summed E-state index contributed by atoms with van der Waals surface area (Å²) in [6.45, 7) is 1.86. The highest BCUT2D eigenvalue weighted by Crippen LogP contribution is 2.18. The lowest BCUT2D eigenvalue weighted by Crippen LogP contribution is -2.31. The van der Waals surface area contributed by atoms with Crippen molar-refractivity contribution in [2.75, 3.05) is 6.67 Å². The predicted octanol–water partition coefficient (Wildman–Crippen LogP) is 1.01. The molecule has 1 heterocycles. The average Bonchev–Trinajstić information content (AvgIpc) is 2.81. The van der Waals surface area contributed by atoms with Crippen molar-refractivity contribution >= 4 is 17.9 Å². The Kier molecular flexibility index (Phi) is 3.09. The molecule has 1 aliphatic rings. The first kappa shape index (κ1) is 11.8. The summed E-state index contributed by atoms with van der Waals surface area (Å²) in [4.78, 5) is 27.0. The van der Waals surface area contributed by atoms with Gasteiger partial charge in [0.05, 0.1) is 4.92 Å². The Labute approximate surface area is 102 Å². The molecule has 92 valence electrons. The van der Waals surface area contributed by atoms with Crippen LogP contribution in [-0.2, 0) is 0 Å². The van der Waals surface area contributed by atoms with Crippen molar-refractivity contribution in [3.63, 3.8) is 0 Å². The van der Waals surface area contributed by atoms with Gasteiger partial charge in [0.2, 0.25) is 0 Å². The van der Waals surface area contributed by atoms with E-state index in [-0.39, 0.29) is 12.4 Å². The monoisotopic (exact) mass is 248 g/mol. The van der Waals surface area contributed by atoms with Gasteiger partial charge in [-0.05, 0) is 29.0 Å². The third-order valence-corrected chi connectivity index (χ3v) is 2.36. The van der Waals surface area contributed by atoms with Crippen LogP contribution in [0.3, 0.4) is 0 Å². The Balaban J connectivity index is 2.18. The average molecular weight is 248 g/mol. The van der Waals surface area contributed by atoms with Gasteiger partial charge >= 0.3 is 6.34 Å². The first-order valence-corrected chi connectivity index (χ1v) is 5.10. The Morgan fingerprint density at radius 3 is 2.89 bits per heavy atom. The van der Waals surface area contributed by atoms with Crippen molar-refractivity contribution in [1.82, 2.24) is 5.43 Å². The van der Waals surface area contributed by atoms with Gasteiger partial charge in [0.15, 0.2) is 0 Å². The number of nitrogens with one attached hydrogen (secondary N) is 1. The molecule has 8 heteroatoms. The fourth-order valence-electron chi connectivity index (χ4n) is 1.49. The van der Waals surface area contributed by atoms with Gasteiger partial charge < -0.3 is 0 Å². The topological polar surface area (TPSA) is 100.0 Å². The maximum absolute atomic E-state index is 11.8. The molecular formula is C10H10N5O3+. The number of amides is 1. The maximum Gasteiger partial charge on any atom is 0.328 e. The van der Waals surface area contributed by atoms with Crippen LogP contribution in [0.5, 0.6) is 0 Å². The van der Waals surface area contributed by atoms with Crippen molar-refractivity contribution < 1.29 is 14.5 Å². The highest BCUT2D eigenvalue weighted by molar-refractivity contribution is 5.94. The number of aryl methyl sites for hydroxylation is 1. The van der Waals surface area contributed by atoms with Crippen molar-refractivity contribution in [2.45, 2.75) is 6.92 Å². The molecule has 0 atom stereocenters. The fraction of sp³-hybridized carbons (Fsp3) is 0.200. The van der Waals surface area contributed by atoms with E-state index in [1.807, 2.05) is 0 Å². The minimum Gasteiger partial charge on any atom is -0.266 e. The van der Waals surface area contributed by atoms with Crippen LogP contribution >= 0.6 is 0 Å². The van der Waals surface area contributed by atoms with Gasteiger partial charge in [0.1, 0.15) is 0 Å². The number of nitrogens with zero attached hydrogens (tertiary/aromatic N) is 4. The van der Waals surface area contributed by atoms with Gasteiger partial charge in [-0.15, -0.1) is 0 Å². The molecule has 0 bridgehead atoms. The molecule has 1 aromatic rings. The number of nitro groups is 1. The highest BCUT2D eigenvalue weighted by atomic mass is 16.6. The normalized spacial score (nSPS) is 13.3. The molecule has 1 aliphatic heterocycles. The van der Waals surface area contributed by atoms with Gasteiger partial charge in [-0.1, -0.05) is 4.99 Å². The quantitative estimate of drug-likeness (QED) is 0.490. The van der Waals surface area contributed by atoms with Crippen molar-refractivity contribution in [3.8, 4) is 0 Å². The molecule has 2 rings (SSSR count). The lowest BCUT2D eigenvalue weighted by atomic mass is 10.1. The van der Waals surface area contributed by atoms with E-state index in [9.17, 15) is 14.9 Å². The molecule has 0 unspecified atom stereocenters. The molecule has 0 saturated heterocycles. The molecule has 1 amide bonds. The number of aliphatic imine (C=N–C) groups is 1. The second kappa shape index (κ2) is 4.70. The molecule has 0 aliphatic carbocycles. The van der Waals surface area contributed by atoms with E-state index in [2.05, 4.69) is 15.5 Å².